The van der Waals surface area contributed by atoms with Gasteiger partial charge in [-0.15, -0.1) is 10.2 Å². The van der Waals surface area contributed by atoms with Crippen molar-refractivity contribution in [2.45, 2.75) is 36.0 Å². The third kappa shape index (κ3) is 5.95. The SMILES string of the molecule is C[C@H](Oc1ccccc1)C(=O)Oc1coc(CSc2nnc(NC(=O)C3CC3)s2)cc1=O. The molecule has 1 aliphatic rings. The molecular weight excluding hydrogens is 454 g/mol. The molecule has 0 unspecified atom stereocenters. The van der Waals surface area contributed by atoms with Crippen molar-refractivity contribution in [3.63, 3.8) is 0 Å². The third-order valence-electron chi connectivity index (χ3n) is 4.37. The summed E-state index contributed by atoms with van der Waals surface area (Å²) in [6.45, 7) is 1.53. The van der Waals surface area contributed by atoms with Crippen molar-refractivity contribution >= 4 is 40.1 Å². The zero-order valence-corrected chi connectivity index (χ0v) is 18.6. The van der Waals surface area contributed by atoms with Crippen LogP contribution >= 0.6 is 23.1 Å². The van der Waals surface area contributed by atoms with E-state index >= 15 is 0 Å². The number of ether oxygens (including phenoxy) is 2. The van der Waals surface area contributed by atoms with E-state index in [-0.39, 0.29) is 17.6 Å². The largest absolute Gasteiger partial charge is 0.479 e. The first-order valence-electron chi connectivity index (χ1n) is 9.80. The van der Waals surface area contributed by atoms with Crippen LogP contribution < -0.4 is 20.2 Å². The summed E-state index contributed by atoms with van der Waals surface area (Å²) in [5.74, 6) is 0.353. The Morgan fingerprint density at radius 2 is 2.06 bits per heavy atom. The maximum atomic E-state index is 12.3. The summed E-state index contributed by atoms with van der Waals surface area (Å²) in [7, 11) is 0. The zero-order valence-electron chi connectivity index (χ0n) is 17.0. The van der Waals surface area contributed by atoms with Crippen LogP contribution in [0.2, 0.25) is 0 Å². The predicted molar refractivity (Wildman–Crippen MR) is 118 cm³/mol. The number of nitrogens with zero attached hydrogens (tertiary/aromatic N) is 2. The fourth-order valence-corrected chi connectivity index (χ4v) is 4.18. The number of hydrogen-bond donors (Lipinski definition) is 1. The summed E-state index contributed by atoms with van der Waals surface area (Å²) in [6, 6.07) is 10.1. The van der Waals surface area contributed by atoms with Crippen molar-refractivity contribution in [3.8, 4) is 11.5 Å². The standard InChI is InChI=1S/C21H19N3O6S2/c1-12(29-14-5-3-2-4-6-14)19(27)30-17-10-28-15(9-16(17)25)11-31-21-24-23-20(32-21)22-18(26)13-7-8-13/h2-6,9-10,12-13H,7-8,11H2,1H3,(H,22,23,26)/t12-/m0/s1. The number of esters is 1. The van der Waals surface area contributed by atoms with Crippen LogP contribution in [0, 0.1) is 5.92 Å². The number of rotatable bonds is 9. The number of benzene rings is 1. The Morgan fingerprint density at radius 1 is 1.28 bits per heavy atom. The van der Waals surface area contributed by atoms with Crippen molar-refractivity contribution in [3.05, 3.63) is 58.6 Å². The quantitative estimate of drug-likeness (QED) is 0.283. The minimum Gasteiger partial charge on any atom is -0.479 e. The van der Waals surface area contributed by atoms with Gasteiger partial charge in [0, 0.05) is 12.0 Å². The van der Waals surface area contributed by atoms with Crippen LogP contribution in [-0.4, -0.2) is 28.2 Å². The average Bonchev–Trinajstić information content (AvgIpc) is 3.55. The lowest BCUT2D eigenvalue weighted by atomic mass is 10.3. The number of carbonyl (C=O) groups is 2. The number of nitrogens with one attached hydrogen (secondary N) is 1. The number of hydrogen-bond acceptors (Lipinski definition) is 10. The monoisotopic (exact) mass is 473 g/mol. The van der Waals surface area contributed by atoms with Crippen LogP contribution in [0.25, 0.3) is 0 Å². The number of carbonyl (C=O) groups excluding carboxylic acids is 2. The first-order valence-corrected chi connectivity index (χ1v) is 11.6. The zero-order chi connectivity index (χ0) is 22.5. The van der Waals surface area contributed by atoms with E-state index in [1.54, 1.807) is 24.3 Å². The molecule has 1 atom stereocenters. The Labute approximate surface area is 191 Å². The van der Waals surface area contributed by atoms with E-state index in [9.17, 15) is 14.4 Å². The molecule has 166 valence electrons. The molecule has 2 heterocycles. The van der Waals surface area contributed by atoms with E-state index in [0.717, 1.165) is 19.1 Å². The maximum absolute atomic E-state index is 12.3. The molecule has 11 heteroatoms. The van der Waals surface area contributed by atoms with Gasteiger partial charge in [0.1, 0.15) is 17.8 Å². The van der Waals surface area contributed by atoms with E-state index in [1.807, 2.05) is 6.07 Å². The fourth-order valence-electron chi connectivity index (χ4n) is 2.54. The second kappa shape index (κ2) is 9.96. The molecule has 32 heavy (non-hydrogen) atoms. The molecule has 9 nitrogen and oxygen atoms in total. The van der Waals surface area contributed by atoms with Gasteiger partial charge in [-0.2, -0.15) is 0 Å². The minimum atomic E-state index is -0.904. The van der Waals surface area contributed by atoms with E-state index in [0.29, 0.717) is 26.7 Å². The van der Waals surface area contributed by atoms with Crippen LogP contribution in [0.1, 0.15) is 25.5 Å². The van der Waals surface area contributed by atoms with Gasteiger partial charge in [0.2, 0.25) is 22.2 Å². The lowest BCUT2D eigenvalue weighted by Crippen LogP contribution is -2.29. The molecule has 3 aromatic rings. The van der Waals surface area contributed by atoms with Crippen molar-refractivity contribution < 1.29 is 23.5 Å². The van der Waals surface area contributed by atoms with Crippen molar-refractivity contribution in [2.24, 2.45) is 5.92 Å². The molecule has 0 spiro atoms. The van der Waals surface area contributed by atoms with Crippen molar-refractivity contribution in [1.29, 1.82) is 0 Å². The van der Waals surface area contributed by atoms with Crippen LogP contribution in [0.5, 0.6) is 11.5 Å². The molecular formula is C21H19N3O6S2. The van der Waals surface area contributed by atoms with Gasteiger partial charge in [-0.3, -0.25) is 9.59 Å². The number of para-hydroxylation sites is 1. The van der Waals surface area contributed by atoms with Gasteiger partial charge in [0.15, 0.2) is 10.4 Å². The van der Waals surface area contributed by atoms with Gasteiger partial charge in [-0.1, -0.05) is 41.3 Å². The highest BCUT2D eigenvalue weighted by Crippen LogP contribution is 2.32. The molecule has 1 amide bonds. The summed E-state index contributed by atoms with van der Waals surface area (Å²) in [5.41, 5.74) is -0.484. The molecule has 2 aromatic heterocycles. The number of amides is 1. The highest BCUT2D eigenvalue weighted by molar-refractivity contribution is 8.00. The lowest BCUT2D eigenvalue weighted by molar-refractivity contribution is -0.141. The summed E-state index contributed by atoms with van der Waals surface area (Å²) < 4.78 is 16.7. The topological polar surface area (TPSA) is 121 Å². The van der Waals surface area contributed by atoms with Crippen LogP contribution in [-0.2, 0) is 15.3 Å². The van der Waals surface area contributed by atoms with Crippen LogP contribution in [0.15, 0.2) is 56.2 Å². The first kappa shape index (κ1) is 22.0. The Bertz CT molecular complexity index is 1160. The summed E-state index contributed by atoms with van der Waals surface area (Å²) in [5, 5.41) is 11.1. The smallest absolute Gasteiger partial charge is 0.352 e. The van der Waals surface area contributed by atoms with Crippen LogP contribution in [0.4, 0.5) is 5.13 Å². The normalized spacial score (nSPS) is 13.9. The minimum absolute atomic E-state index is 0.0303. The molecule has 1 fully saturated rings. The third-order valence-corrected chi connectivity index (χ3v) is 6.37. The average molecular weight is 474 g/mol. The molecule has 0 bridgehead atoms. The van der Waals surface area contributed by atoms with E-state index < -0.39 is 17.5 Å². The number of anilines is 1. The lowest BCUT2D eigenvalue weighted by Gasteiger charge is -2.13. The second-order valence-electron chi connectivity index (χ2n) is 6.99. The first-order chi connectivity index (χ1) is 15.5. The molecule has 1 saturated carbocycles. The number of aromatic nitrogens is 2. The van der Waals surface area contributed by atoms with Gasteiger partial charge >= 0.3 is 5.97 Å². The highest BCUT2D eigenvalue weighted by Gasteiger charge is 2.30. The summed E-state index contributed by atoms with van der Waals surface area (Å²) in [4.78, 5) is 36.3. The Balaban J connectivity index is 1.29. The summed E-state index contributed by atoms with van der Waals surface area (Å²) in [6.07, 6.45) is 2.02. The molecule has 1 aromatic carbocycles. The molecule has 4 rings (SSSR count). The molecule has 0 aliphatic heterocycles. The van der Waals surface area contributed by atoms with Gasteiger partial charge in [0.05, 0.1) is 5.75 Å². The fraction of sp³-hybridized carbons (Fsp3) is 0.286. The van der Waals surface area contributed by atoms with E-state index in [2.05, 4.69) is 15.5 Å². The predicted octanol–water partition coefficient (Wildman–Crippen LogP) is 3.51. The highest BCUT2D eigenvalue weighted by atomic mass is 32.2. The van der Waals surface area contributed by atoms with Gasteiger partial charge in [-0.05, 0) is 31.9 Å². The van der Waals surface area contributed by atoms with Gasteiger partial charge in [-0.25, -0.2) is 4.79 Å². The maximum Gasteiger partial charge on any atom is 0.352 e. The number of thioether (sulfide) groups is 1. The van der Waals surface area contributed by atoms with E-state index in [4.69, 9.17) is 13.9 Å². The molecule has 1 aliphatic carbocycles. The van der Waals surface area contributed by atoms with E-state index in [1.165, 1.54) is 36.1 Å². The second-order valence-corrected chi connectivity index (χ2v) is 9.19. The Morgan fingerprint density at radius 3 is 2.78 bits per heavy atom. The molecule has 0 radical (unpaired) electrons. The van der Waals surface area contributed by atoms with Crippen molar-refractivity contribution in [1.82, 2.24) is 10.2 Å². The molecule has 0 saturated heterocycles. The Kier molecular flexibility index (Phi) is 6.86. The van der Waals surface area contributed by atoms with Crippen LogP contribution in [0.3, 0.4) is 0 Å². The Hall–Kier alpha value is -3.18. The summed E-state index contributed by atoms with van der Waals surface area (Å²) >= 11 is 2.56. The van der Waals surface area contributed by atoms with Gasteiger partial charge < -0.3 is 19.2 Å². The van der Waals surface area contributed by atoms with Gasteiger partial charge in [0.25, 0.3) is 0 Å². The van der Waals surface area contributed by atoms with Crippen molar-refractivity contribution in [2.75, 3.05) is 5.32 Å². The molecule has 1 N–H and O–H groups in total.